The van der Waals surface area contributed by atoms with E-state index in [0.29, 0.717) is 5.69 Å². The van der Waals surface area contributed by atoms with Crippen molar-refractivity contribution in [1.82, 2.24) is 0 Å². The number of rotatable bonds is 5. The summed E-state index contributed by atoms with van der Waals surface area (Å²) in [6.07, 6.45) is 0. The van der Waals surface area contributed by atoms with Crippen LogP contribution in [0.2, 0.25) is 0 Å². The highest BCUT2D eigenvalue weighted by Crippen LogP contribution is 2.19. The van der Waals surface area contributed by atoms with Gasteiger partial charge in [-0.25, -0.2) is 4.39 Å². The van der Waals surface area contributed by atoms with Crippen molar-refractivity contribution in [1.29, 1.82) is 0 Å². The summed E-state index contributed by atoms with van der Waals surface area (Å²) in [5.74, 6) is -0.452. The average molecular weight is 343 g/mol. The molecular weight excluding hydrogens is 321 g/mol. The zero-order valence-corrected chi connectivity index (χ0v) is 14.2. The lowest BCUT2D eigenvalue weighted by atomic mass is 10.2. The summed E-state index contributed by atoms with van der Waals surface area (Å²) >= 11 is 0. The molecule has 132 valence electrons. The number of morpholine rings is 1. The minimum absolute atomic E-state index is 0.150. The molecule has 0 spiro atoms. The van der Waals surface area contributed by atoms with Crippen molar-refractivity contribution in [3.05, 3.63) is 54.3 Å². The van der Waals surface area contributed by atoms with Crippen molar-refractivity contribution in [2.24, 2.45) is 0 Å². The number of anilines is 3. The van der Waals surface area contributed by atoms with Crippen LogP contribution in [0.3, 0.4) is 0 Å². The van der Waals surface area contributed by atoms with Crippen LogP contribution in [0.5, 0.6) is 0 Å². The first-order valence-electron chi connectivity index (χ1n) is 8.37. The summed E-state index contributed by atoms with van der Waals surface area (Å²) in [5, 5.41) is 5.94. The molecule has 5 nitrogen and oxygen atoms in total. The van der Waals surface area contributed by atoms with Gasteiger partial charge in [-0.3, -0.25) is 4.79 Å². The number of benzene rings is 2. The first-order valence-corrected chi connectivity index (χ1v) is 8.37. The van der Waals surface area contributed by atoms with E-state index in [9.17, 15) is 9.18 Å². The molecule has 25 heavy (non-hydrogen) atoms. The number of carbonyl (C=O) groups excluding carboxylic acids is 1. The third-order valence-electron chi connectivity index (χ3n) is 4.13. The molecule has 1 amide bonds. The minimum atomic E-state index is -0.440. The number of ether oxygens (including phenoxy) is 1. The Labute approximate surface area is 146 Å². The average Bonchev–Trinajstić information content (AvgIpc) is 2.65. The molecule has 1 saturated heterocycles. The maximum Gasteiger partial charge on any atom is 0.246 e. The van der Waals surface area contributed by atoms with E-state index in [1.807, 2.05) is 24.3 Å². The van der Waals surface area contributed by atoms with E-state index in [4.69, 9.17) is 4.74 Å². The molecule has 2 aromatic carbocycles. The summed E-state index contributed by atoms with van der Waals surface area (Å²) in [7, 11) is 0. The van der Waals surface area contributed by atoms with Crippen LogP contribution in [0.1, 0.15) is 6.92 Å². The molecule has 0 aromatic heterocycles. The molecular formula is C19H22FN3O2. The number of nitrogens with one attached hydrogen (secondary N) is 2. The molecule has 0 saturated carbocycles. The first kappa shape index (κ1) is 17.2. The molecule has 1 aliphatic rings. The second kappa shape index (κ2) is 7.98. The molecule has 2 N–H and O–H groups in total. The molecule has 3 rings (SSSR count). The van der Waals surface area contributed by atoms with Gasteiger partial charge in [-0.1, -0.05) is 0 Å². The number of amides is 1. The lowest BCUT2D eigenvalue weighted by molar-refractivity contribution is -0.116. The summed E-state index contributed by atoms with van der Waals surface area (Å²) < 4.78 is 18.3. The van der Waals surface area contributed by atoms with Gasteiger partial charge in [0.1, 0.15) is 11.9 Å². The maximum atomic E-state index is 12.9. The Morgan fingerprint density at radius 3 is 2.28 bits per heavy atom. The number of hydrogen-bond donors (Lipinski definition) is 2. The van der Waals surface area contributed by atoms with Crippen LogP contribution in [-0.2, 0) is 9.53 Å². The van der Waals surface area contributed by atoms with Gasteiger partial charge < -0.3 is 20.3 Å². The highest BCUT2D eigenvalue weighted by Gasteiger charge is 2.14. The Morgan fingerprint density at radius 2 is 1.64 bits per heavy atom. The standard InChI is InChI=1S/C19H22FN3O2/c1-14(21-16-4-2-15(20)3-5-16)19(24)22-17-6-8-18(9-7-17)23-10-12-25-13-11-23/h2-9,14,21H,10-13H2,1H3,(H,22,24). The van der Waals surface area contributed by atoms with E-state index in [1.165, 1.54) is 12.1 Å². The van der Waals surface area contributed by atoms with Gasteiger partial charge in [0.15, 0.2) is 0 Å². The fraction of sp³-hybridized carbons (Fsp3) is 0.316. The molecule has 1 fully saturated rings. The molecule has 1 atom stereocenters. The summed E-state index contributed by atoms with van der Waals surface area (Å²) in [6, 6.07) is 13.3. The number of halogens is 1. The van der Waals surface area contributed by atoms with Crippen molar-refractivity contribution in [2.75, 3.05) is 41.8 Å². The van der Waals surface area contributed by atoms with Crippen LogP contribution in [0, 0.1) is 5.82 Å². The predicted octanol–water partition coefficient (Wildman–Crippen LogP) is 3.10. The topological polar surface area (TPSA) is 53.6 Å². The number of carbonyl (C=O) groups is 1. The molecule has 2 aromatic rings. The van der Waals surface area contributed by atoms with E-state index < -0.39 is 6.04 Å². The lowest BCUT2D eigenvalue weighted by Crippen LogP contribution is -2.36. The molecule has 1 heterocycles. The zero-order valence-electron chi connectivity index (χ0n) is 14.2. The number of nitrogens with zero attached hydrogens (tertiary/aromatic N) is 1. The van der Waals surface area contributed by atoms with Gasteiger partial charge in [0.25, 0.3) is 0 Å². The molecule has 1 unspecified atom stereocenters. The van der Waals surface area contributed by atoms with Gasteiger partial charge in [-0.15, -0.1) is 0 Å². The number of hydrogen-bond acceptors (Lipinski definition) is 4. The first-order chi connectivity index (χ1) is 12.1. The van der Waals surface area contributed by atoms with Crippen LogP contribution in [0.25, 0.3) is 0 Å². The van der Waals surface area contributed by atoms with Gasteiger partial charge in [-0.2, -0.15) is 0 Å². The van der Waals surface area contributed by atoms with Gasteiger partial charge in [0, 0.05) is 30.2 Å². The van der Waals surface area contributed by atoms with Gasteiger partial charge in [0.05, 0.1) is 13.2 Å². The van der Waals surface area contributed by atoms with Crippen molar-refractivity contribution in [3.63, 3.8) is 0 Å². The van der Waals surface area contributed by atoms with Gasteiger partial charge in [0.2, 0.25) is 5.91 Å². The quantitative estimate of drug-likeness (QED) is 0.876. The monoisotopic (exact) mass is 343 g/mol. The van der Waals surface area contributed by atoms with E-state index in [2.05, 4.69) is 15.5 Å². The largest absolute Gasteiger partial charge is 0.378 e. The summed E-state index contributed by atoms with van der Waals surface area (Å²) in [6.45, 7) is 5.01. The van der Waals surface area contributed by atoms with Crippen LogP contribution in [-0.4, -0.2) is 38.3 Å². The summed E-state index contributed by atoms with van der Waals surface area (Å²) in [4.78, 5) is 14.6. The smallest absolute Gasteiger partial charge is 0.246 e. The second-order valence-electron chi connectivity index (χ2n) is 6.01. The van der Waals surface area contributed by atoms with Gasteiger partial charge >= 0.3 is 0 Å². The Balaban J connectivity index is 1.55. The van der Waals surface area contributed by atoms with Crippen molar-refractivity contribution < 1.29 is 13.9 Å². The van der Waals surface area contributed by atoms with Crippen molar-refractivity contribution in [3.8, 4) is 0 Å². The molecule has 0 radical (unpaired) electrons. The van der Waals surface area contributed by atoms with E-state index in [1.54, 1.807) is 19.1 Å². The summed E-state index contributed by atoms with van der Waals surface area (Å²) in [5.41, 5.74) is 2.57. The zero-order chi connectivity index (χ0) is 17.6. The fourth-order valence-corrected chi connectivity index (χ4v) is 2.69. The Bertz CT molecular complexity index is 698. The highest BCUT2D eigenvalue weighted by atomic mass is 19.1. The van der Waals surface area contributed by atoms with Gasteiger partial charge in [-0.05, 0) is 55.5 Å². The molecule has 0 aliphatic carbocycles. The fourth-order valence-electron chi connectivity index (χ4n) is 2.69. The predicted molar refractivity (Wildman–Crippen MR) is 97.6 cm³/mol. The molecule has 6 heteroatoms. The third-order valence-corrected chi connectivity index (χ3v) is 4.13. The van der Waals surface area contributed by atoms with Crippen LogP contribution in [0.15, 0.2) is 48.5 Å². The van der Waals surface area contributed by atoms with E-state index in [0.717, 1.165) is 37.7 Å². The van der Waals surface area contributed by atoms with E-state index in [-0.39, 0.29) is 11.7 Å². The van der Waals surface area contributed by atoms with Crippen LogP contribution in [0.4, 0.5) is 21.5 Å². The molecule has 0 bridgehead atoms. The Kier molecular flexibility index (Phi) is 5.50. The Hall–Kier alpha value is -2.60. The van der Waals surface area contributed by atoms with Crippen LogP contribution < -0.4 is 15.5 Å². The lowest BCUT2D eigenvalue weighted by Gasteiger charge is -2.29. The van der Waals surface area contributed by atoms with Crippen molar-refractivity contribution >= 4 is 23.0 Å². The minimum Gasteiger partial charge on any atom is -0.378 e. The SMILES string of the molecule is CC(Nc1ccc(F)cc1)C(=O)Nc1ccc(N2CCOCC2)cc1. The maximum absolute atomic E-state index is 12.9. The van der Waals surface area contributed by atoms with Crippen LogP contribution >= 0.6 is 0 Å². The second-order valence-corrected chi connectivity index (χ2v) is 6.01. The molecule has 1 aliphatic heterocycles. The normalized spacial score (nSPS) is 15.5. The highest BCUT2D eigenvalue weighted by molar-refractivity contribution is 5.96. The van der Waals surface area contributed by atoms with Crippen molar-refractivity contribution in [2.45, 2.75) is 13.0 Å². The Morgan fingerprint density at radius 1 is 1.04 bits per heavy atom. The van der Waals surface area contributed by atoms with E-state index >= 15 is 0 Å². The third kappa shape index (κ3) is 4.70.